The maximum absolute atomic E-state index is 3.88. The molecule has 0 aliphatic heterocycles. The van der Waals surface area contributed by atoms with E-state index >= 15 is 0 Å². The van der Waals surface area contributed by atoms with Gasteiger partial charge in [-0.05, 0) is 98.9 Å². The second-order valence-corrected chi connectivity index (χ2v) is 19.2. The zero-order chi connectivity index (χ0) is 29.5. The first-order valence-electron chi connectivity index (χ1n) is 15.6. The highest BCUT2D eigenvalue weighted by molar-refractivity contribution is 8.37. The van der Waals surface area contributed by atoms with E-state index < -0.39 is 20.1 Å². The van der Waals surface area contributed by atoms with Crippen molar-refractivity contribution in [3.8, 4) is 22.3 Å². The summed E-state index contributed by atoms with van der Waals surface area (Å²) in [5, 5.41) is 20.7. The third kappa shape index (κ3) is 4.43. The summed E-state index contributed by atoms with van der Waals surface area (Å²) < 4.78 is 0. The highest BCUT2D eigenvalue weighted by Gasteiger charge is 2.20. The molecule has 6 rings (SSSR count). The molecule has 0 amide bonds. The molecule has 0 nitrogen and oxygen atoms in total. The van der Waals surface area contributed by atoms with Crippen molar-refractivity contribution in [2.45, 2.75) is 41.5 Å². The van der Waals surface area contributed by atoms with Crippen LogP contribution in [0.2, 0.25) is 0 Å². The molecule has 0 atom stereocenters. The minimum absolute atomic E-state index is 0.948. The molecule has 42 heavy (non-hydrogen) atoms. The van der Waals surface area contributed by atoms with Gasteiger partial charge in [-0.1, -0.05) is 126 Å². The van der Waals surface area contributed by atoms with Gasteiger partial charge in [-0.25, -0.2) is 0 Å². The summed E-state index contributed by atoms with van der Waals surface area (Å²) in [6, 6.07) is 27.2. The lowest BCUT2D eigenvalue weighted by Crippen LogP contribution is -2.06. The molecule has 0 spiro atoms. The van der Waals surface area contributed by atoms with Crippen LogP contribution in [-0.2, 0) is 0 Å². The molecule has 0 aromatic heterocycles. The average Bonchev–Trinajstić information content (AvgIpc) is 3.06. The van der Waals surface area contributed by atoms with Crippen LogP contribution in [0.25, 0.3) is 53.9 Å². The van der Waals surface area contributed by atoms with Crippen molar-refractivity contribution >= 4 is 73.9 Å². The van der Waals surface area contributed by atoms with E-state index in [2.05, 4.69) is 137 Å². The van der Waals surface area contributed by atoms with Crippen molar-refractivity contribution in [3.05, 3.63) is 83.9 Å². The van der Waals surface area contributed by atoms with Crippen molar-refractivity contribution in [3.63, 3.8) is 0 Å². The van der Waals surface area contributed by atoms with E-state index in [4.69, 9.17) is 0 Å². The van der Waals surface area contributed by atoms with Crippen LogP contribution in [0.1, 0.15) is 52.7 Å². The van der Waals surface area contributed by atoms with Crippen LogP contribution < -0.4 is 0 Å². The Balaban J connectivity index is 1.80. The molecule has 0 unspecified atom stereocenters. The molecular formula is C40H42S2. The Morgan fingerprint density at radius 3 is 1.02 bits per heavy atom. The molecule has 0 bridgehead atoms. The summed E-state index contributed by atoms with van der Waals surface area (Å²) in [5.41, 5.74) is 2.37. The molecule has 0 aliphatic rings. The molecule has 0 saturated heterocycles. The van der Waals surface area contributed by atoms with E-state index in [-0.39, 0.29) is 0 Å². The van der Waals surface area contributed by atoms with Gasteiger partial charge >= 0.3 is 0 Å². The predicted octanol–water partition coefficient (Wildman–Crippen LogP) is 11.2. The number of fused-ring (bicyclic) bond motifs is 4. The third-order valence-electron chi connectivity index (χ3n) is 9.77. The van der Waals surface area contributed by atoms with Crippen LogP contribution in [0.5, 0.6) is 0 Å². The van der Waals surface area contributed by atoms with Crippen molar-refractivity contribution in [1.82, 2.24) is 0 Å². The number of hydrogen-bond acceptors (Lipinski definition) is 0. The van der Waals surface area contributed by atoms with Gasteiger partial charge in [-0.2, -0.15) is 20.1 Å². The first-order valence-corrected chi connectivity index (χ1v) is 19.9. The predicted molar refractivity (Wildman–Crippen MR) is 197 cm³/mol. The Bertz CT molecular complexity index is 1900. The standard InChI is InChI=1S/C40H42S2/c1-7-41(8-2,9-3)27-25-33-29-17-13-15-19-31(29)35-22-24-38-34(26-28-42(10-4,11-5)12-6)30-18-14-16-20-32(30)36-21-23-37(33)39(35)40(36)38/h13-24H,7-12H2,1-6H3. The first-order chi connectivity index (χ1) is 20.5. The van der Waals surface area contributed by atoms with Gasteiger partial charge in [0.25, 0.3) is 0 Å². The second-order valence-electron chi connectivity index (χ2n) is 11.2. The Morgan fingerprint density at radius 1 is 0.381 bits per heavy atom. The molecular weight excluding hydrogens is 545 g/mol. The summed E-state index contributed by atoms with van der Waals surface area (Å²) in [6.45, 7) is 13.9. The quantitative estimate of drug-likeness (QED) is 0.103. The molecule has 6 aromatic rings. The van der Waals surface area contributed by atoms with Gasteiger partial charge in [0.2, 0.25) is 0 Å². The van der Waals surface area contributed by atoms with Gasteiger partial charge in [-0.3, -0.25) is 0 Å². The number of benzene rings is 6. The first kappa shape index (κ1) is 28.8. The molecule has 214 valence electrons. The Morgan fingerprint density at radius 2 is 0.690 bits per heavy atom. The lowest BCUT2D eigenvalue weighted by Gasteiger charge is -2.30. The highest BCUT2D eigenvalue weighted by Crippen LogP contribution is 2.48. The van der Waals surface area contributed by atoms with Crippen molar-refractivity contribution < 1.29 is 0 Å². The Labute approximate surface area is 255 Å². The van der Waals surface area contributed by atoms with Gasteiger partial charge in [0.1, 0.15) is 0 Å². The van der Waals surface area contributed by atoms with Gasteiger partial charge in [0.05, 0.1) is 0 Å². The van der Waals surface area contributed by atoms with Gasteiger partial charge in [-0.15, -0.1) is 0 Å². The SMILES string of the molecule is CCS(C#Cc1c2ccccc2c2ccc3c(C#CS(CC)(CC)CC)c4ccccc4c4ccc1c2c34)(CC)CC. The van der Waals surface area contributed by atoms with E-state index in [9.17, 15) is 0 Å². The van der Waals surface area contributed by atoms with E-state index in [1.165, 1.54) is 65.0 Å². The molecule has 0 fully saturated rings. The molecule has 0 radical (unpaired) electrons. The van der Waals surface area contributed by atoms with Gasteiger partial charge < -0.3 is 0 Å². The fraction of sp³-hybridized carbons (Fsp3) is 0.300. The topological polar surface area (TPSA) is 0 Å². The van der Waals surface area contributed by atoms with Crippen molar-refractivity contribution in [2.24, 2.45) is 0 Å². The van der Waals surface area contributed by atoms with E-state index in [0.29, 0.717) is 0 Å². The monoisotopic (exact) mass is 586 g/mol. The largest absolute Gasteiger partial charge is 0.178 e. The summed E-state index contributed by atoms with van der Waals surface area (Å²) in [7, 11) is -1.90. The van der Waals surface area contributed by atoms with Crippen molar-refractivity contribution in [2.75, 3.05) is 34.5 Å². The fourth-order valence-corrected chi connectivity index (χ4v) is 10.7. The average molecular weight is 587 g/mol. The fourth-order valence-electron chi connectivity index (χ4n) is 6.77. The summed E-state index contributed by atoms with van der Waals surface area (Å²) in [6.07, 6.45) is 0. The Hall–Kier alpha value is -3.30. The lowest BCUT2D eigenvalue weighted by atomic mass is 9.84. The minimum atomic E-state index is -0.948. The Kier molecular flexibility index (Phi) is 7.83. The summed E-state index contributed by atoms with van der Waals surface area (Å²) in [4.78, 5) is 0. The molecule has 0 N–H and O–H groups in total. The van der Waals surface area contributed by atoms with Crippen LogP contribution >= 0.6 is 20.1 Å². The molecule has 0 aliphatic carbocycles. The molecule has 2 heteroatoms. The summed E-state index contributed by atoms with van der Waals surface area (Å²) >= 11 is 0. The zero-order valence-corrected chi connectivity index (χ0v) is 27.6. The number of rotatable bonds is 6. The molecule has 0 saturated carbocycles. The normalized spacial score (nSPS) is 13.0. The van der Waals surface area contributed by atoms with Gasteiger partial charge in [0, 0.05) is 11.1 Å². The second kappa shape index (κ2) is 11.4. The van der Waals surface area contributed by atoms with Crippen LogP contribution in [0.15, 0.2) is 72.8 Å². The maximum atomic E-state index is 3.88. The molecule has 6 aromatic carbocycles. The van der Waals surface area contributed by atoms with Crippen LogP contribution in [0.4, 0.5) is 0 Å². The third-order valence-corrected chi connectivity index (χ3v) is 17.5. The van der Waals surface area contributed by atoms with E-state index in [1.807, 2.05) is 0 Å². The molecule has 0 heterocycles. The zero-order valence-electron chi connectivity index (χ0n) is 26.0. The highest BCUT2D eigenvalue weighted by atomic mass is 32.3. The van der Waals surface area contributed by atoms with Crippen LogP contribution in [-0.4, -0.2) is 34.5 Å². The smallest absolute Gasteiger partial charge is 0.0411 e. The van der Waals surface area contributed by atoms with E-state index in [1.54, 1.807) is 0 Å². The van der Waals surface area contributed by atoms with Crippen LogP contribution in [0.3, 0.4) is 0 Å². The van der Waals surface area contributed by atoms with E-state index in [0.717, 1.165) is 34.5 Å². The summed E-state index contributed by atoms with van der Waals surface area (Å²) in [5.74, 6) is 14.6. The van der Waals surface area contributed by atoms with Crippen molar-refractivity contribution in [1.29, 1.82) is 0 Å². The van der Waals surface area contributed by atoms with Gasteiger partial charge in [0.15, 0.2) is 0 Å². The van der Waals surface area contributed by atoms with Crippen LogP contribution in [0, 0.1) is 22.3 Å². The maximum Gasteiger partial charge on any atom is 0.0411 e. The lowest BCUT2D eigenvalue weighted by molar-refractivity contribution is 1.36. The number of hydrogen-bond donors (Lipinski definition) is 0. The minimum Gasteiger partial charge on any atom is -0.178 e.